The smallest absolute Gasteiger partial charge is 0.224 e. The van der Waals surface area contributed by atoms with E-state index in [0.717, 1.165) is 50.1 Å². The second-order valence-electron chi connectivity index (χ2n) is 6.36. The Labute approximate surface area is 127 Å². The molecule has 4 heteroatoms. The number of hydrogen-bond donors (Lipinski definition) is 2. The number of carbonyl (C=O) groups excluding carboxylic acids is 1. The molecule has 0 saturated carbocycles. The Balaban J connectivity index is 1.66. The van der Waals surface area contributed by atoms with Crippen molar-refractivity contribution in [3.63, 3.8) is 0 Å². The number of likely N-dealkylation sites (tertiary alicyclic amines) is 1. The van der Waals surface area contributed by atoms with Gasteiger partial charge in [0.1, 0.15) is 0 Å². The first-order chi connectivity index (χ1) is 9.94. The third-order valence-corrected chi connectivity index (χ3v) is 4.11. The summed E-state index contributed by atoms with van der Waals surface area (Å²) >= 11 is 0. The number of amides is 1. The van der Waals surface area contributed by atoms with E-state index in [2.05, 4.69) is 10.2 Å². The third kappa shape index (κ3) is 5.48. The van der Waals surface area contributed by atoms with Crippen molar-refractivity contribution in [2.75, 3.05) is 25.0 Å². The van der Waals surface area contributed by atoms with Crippen molar-refractivity contribution in [1.29, 1.82) is 0 Å². The number of nitrogens with zero attached hydrogens (tertiary/aromatic N) is 1. The molecule has 0 aliphatic carbocycles. The first-order valence-electron chi connectivity index (χ1n) is 7.76. The van der Waals surface area contributed by atoms with Gasteiger partial charge in [-0.3, -0.25) is 4.79 Å². The zero-order valence-electron chi connectivity index (χ0n) is 13.1. The summed E-state index contributed by atoms with van der Waals surface area (Å²) < 4.78 is 0. The first-order valence-corrected chi connectivity index (χ1v) is 7.76. The highest BCUT2D eigenvalue weighted by Crippen LogP contribution is 2.21. The van der Waals surface area contributed by atoms with Gasteiger partial charge in [0.15, 0.2) is 0 Å². The number of rotatable bonds is 5. The fourth-order valence-corrected chi connectivity index (χ4v) is 2.67. The van der Waals surface area contributed by atoms with Crippen molar-refractivity contribution in [2.45, 2.75) is 45.1 Å². The van der Waals surface area contributed by atoms with Gasteiger partial charge in [-0.15, -0.1) is 0 Å². The lowest BCUT2D eigenvalue weighted by Crippen LogP contribution is -2.42. The van der Waals surface area contributed by atoms with Gasteiger partial charge in [0, 0.05) is 25.2 Å². The summed E-state index contributed by atoms with van der Waals surface area (Å²) in [6.07, 6.45) is 3.05. The van der Waals surface area contributed by atoms with Crippen molar-refractivity contribution in [3.8, 4) is 0 Å². The monoisotopic (exact) mass is 290 g/mol. The van der Waals surface area contributed by atoms with E-state index in [1.807, 2.05) is 38.1 Å². The summed E-state index contributed by atoms with van der Waals surface area (Å²) in [4.78, 5) is 14.2. The van der Waals surface area contributed by atoms with Crippen LogP contribution < -0.4 is 5.32 Å². The van der Waals surface area contributed by atoms with E-state index in [1.54, 1.807) is 0 Å². The molecule has 1 aromatic carbocycles. The van der Waals surface area contributed by atoms with Gasteiger partial charge in [0.25, 0.3) is 0 Å². The standard InChI is InChI=1S/C17H26N2O2/c1-14-5-3-6-15(13-14)18-16(20)7-4-10-19-11-8-17(2,21)9-12-19/h3,5-6,13,21H,4,7-12H2,1-2H3,(H,18,20). The Morgan fingerprint density at radius 1 is 1.38 bits per heavy atom. The Morgan fingerprint density at radius 3 is 2.76 bits per heavy atom. The fourth-order valence-electron chi connectivity index (χ4n) is 2.67. The molecule has 21 heavy (non-hydrogen) atoms. The quantitative estimate of drug-likeness (QED) is 0.876. The molecule has 0 spiro atoms. The summed E-state index contributed by atoms with van der Waals surface area (Å²) in [6, 6.07) is 7.85. The van der Waals surface area contributed by atoms with Crippen LogP contribution in [0.15, 0.2) is 24.3 Å². The van der Waals surface area contributed by atoms with Gasteiger partial charge in [-0.25, -0.2) is 0 Å². The number of piperidine rings is 1. The van der Waals surface area contributed by atoms with Crippen molar-refractivity contribution in [1.82, 2.24) is 4.90 Å². The first kappa shape index (κ1) is 16.0. The maximum atomic E-state index is 11.9. The zero-order valence-corrected chi connectivity index (χ0v) is 13.1. The van der Waals surface area contributed by atoms with Gasteiger partial charge in [0.05, 0.1) is 5.60 Å². The van der Waals surface area contributed by atoms with Gasteiger partial charge < -0.3 is 15.3 Å². The second-order valence-corrected chi connectivity index (χ2v) is 6.36. The van der Waals surface area contributed by atoms with E-state index in [9.17, 15) is 9.90 Å². The fraction of sp³-hybridized carbons (Fsp3) is 0.588. The van der Waals surface area contributed by atoms with Gasteiger partial charge in [0.2, 0.25) is 5.91 Å². The molecular formula is C17H26N2O2. The highest BCUT2D eigenvalue weighted by molar-refractivity contribution is 5.90. The van der Waals surface area contributed by atoms with Crippen LogP contribution in [0, 0.1) is 6.92 Å². The lowest BCUT2D eigenvalue weighted by atomic mass is 9.94. The number of anilines is 1. The minimum Gasteiger partial charge on any atom is -0.390 e. The summed E-state index contributed by atoms with van der Waals surface area (Å²) in [5.41, 5.74) is 1.51. The molecule has 1 heterocycles. The summed E-state index contributed by atoms with van der Waals surface area (Å²) in [6.45, 7) is 6.69. The van der Waals surface area contributed by atoms with Crippen LogP contribution in [0.4, 0.5) is 5.69 Å². The molecule has 1 amide bonds. The van der Waals surface area contributed by atoms with Crippen LogP contribution in [-0.2, 0) is 4.79 Å². The predicted molar refractivity (Wildman–Crippen MR) is 85.3 cm³/mol. The lowest BCUT2D eigenvalue weighted by Gasteiger charge is -2.35. The molecule has 4 nitrogen and oxygen atoms in total. The van der Waals surface area contributed by atoms with Gasteiger partial charge in [-0.2, -0.15) is 0 Å². The Hall–Kier alpha value is -1.39. The molecule has 0 atom stereocenters. The molecule has 116 valence electrons. The van der Waals surface area contributed by atoms with E-state index >= 15 is 0 Å². The number of hydrogen-bond acceptors (Lipinski definition) is 3. The molecule has 0 unspecified atom stereocenters. The summed E-state index contributed by atoms with van der Waals surface area (Å²) in [7, 11) is 0. The molecule has 2 rings (SSSR count). The van der Waals surface area contributed by atoms with Crippen LogP contribution in [0.2, 0.25) is 0 Å². The normalized spacial score (nSPS) is 18.4. The van der Waals surface area contributed by atoms with Crippen LogP contribution in [0.3, 0.4) is 0 Å². The van der Waals surface area contributed by atoms with Crippen molar-refractivity contribution in [2.24, 2.45) is 0 Å². The van der Waals surface area contributed by atoms with Gasteiger partial charge in [-0.1, -0.05) is 12.1 Å². The molecule has 1 aliphatic heterocycles. The zero-order chi connectivity index (χ0) is 15.3. The van der Waals surface area contributed by atoms with Crippen LogP contribution in [0.1, 0.15) is 38.2 Å². The Morgan fingerprint density at radius 2 is 2.10 bits per heavy atom. The van der Waals surface area contributed by atoms with Crippen LogP contribution in [0.25, 0.3) is 0 Å². The van der Waals surface area contributed by atoms with E-state index in [-0.39, 0.29) is 5.91 Å². The summed E-state index contributed by atoms with van der Waals surface area (Å²) in [5.74, 6) is 0.0737. The van der Waals surface area contributed by atoms with E-state index in [0.29, 0.717) is 6.42 Å². The molecule has 1 aliphatic rings. The van der Waals surface area contributed by atoms with Gasteiger partial charge in [-0.05, 0) is 57.4 Å². The average Bonchev–Trinajstić information content (AvgIpc) is 2.41. The van der Waals surface area contributed by atoms with Gasteiger partial charge >= 0.3 is 0 Å². The minimum atomic E-state index is -0.501. The molecular weight excluding hydrogens is 264 g/mol. The number of benzene rings is 1. The van der Waals surface area contributed by atoms with Crippen molar-refractivity contribution < 1.29 is 9.90 Å². The molecule has 0 bridgehead atoms. The molecule has 1 saturated heterocycles. The SMILES string of the molecule is Cc1cccc(NC(=O)CCCN2CCC(C)(O)CC2)c1. The van der Waals surface area contributed by atoms with Crippen molar-refractivity contribution in [3.05, 3.63) is 29.8 Å². The Kier molecular flexibility index (Phi) is 5.37. The van der Waals surface area contributed by atoms with E-state index < -0.39 is 5.60 Å². The highest BCUT2D eigenvalue weighted by Gasteiger charge is 2.26. The van der Waals surface area contributed by atoms with Crippen molar-refractivity contribution >= 4 is 11.6 Å². The Bertz CT molecular complexity index is 475. The predicted octanol–water partition coefficient (Wildman–Crippen LogP) is 2.56. The lowest BCUT2D eigenvalue weighted by molar-refractivity contribution is -0.116. The molecule has 0 aromatic heterocycles. The minimum absolute atomic E-state index is 0.0737. The van der Waals surface area contributed by atoms with Crippen LogP contribution in [0.5, 0.6) is 0 Å². The second kappa shape index (κ2) is 7.05. The third-order valence-electron chi connectivity index (χ3n) is 4.11. The number of carbonyl (C=O) groups is 1. The number of aryl methyl sites for hydroxylation is 1. The molecule has 1 aromatic rings. The van der Waals surface area contributed by atoms with E-state index in [1.165, 1.54) is 0 Å². The highest BCUT2D eigenvalue weighted by atomic mass is 16.3. The van der Waals surface area contributed by atoms with E-state index in [4.69, 9.17) is 0 Å². The molecule has 1 fully saturated rings. The number of nitrogens with one attached hydrogen (secondary N) is 1. The maximum absolute atomic E-state index is 11.9. The molecule has 2 N–H and O–H groups in total. The summed E-state index contributed by atoms with van der Waals surface area (Å²) in [5, 5.41) is 12.8. The van der Waals surface area contributed by atoms with Crippen LogP contribution in [-0.4, -0.2) is 41.1 Å². The molecule has 0 radical (unpaired) electrons. The largest absolute Gasteiger partial charge is 0.390 e. The maximum Gasteiger partial charge on any atom is 0.224 e. The van der Waals surface area contributed by atoms with Crippen LogP contribution >= 0.6 is 0 Å². The topological polar surface area (TPSA) is 52.6 Å². The number of aliphatic hydroxyl groups is 1. The average molecular weight is 290 g/mol.